The van der Waals surface area contributed by atoms with Crippen LogP contribution in [-0.2, 0) is 6.42 Å². The fourth-order valence-corrected chi connectivity index (χ4v) is 3.61. The Balaban J connectivity index is 1.51. The Labute approximate surface area is 154 Å². The first kappa shape index (κ1) is 16.9. The Bertz CT molecular complexity index is 826. The molecule has 1 saturated heterocycles. The van der Waals surface area contributed by atoms with E-state index in [0.29, 0.717) is 12.2 Å². The summed E-state index contributed by atoms with van der Waals surface area (Å²) in [6.07, 6.45) is 0.869. The third-order valence-electron chi connectivity index (χ3n) is 5.14. The zero-order chi connectivity index (χ0) is 18.1. The lowest BCUT2D eigenvalue weighted by Crippen LogP contribution is -2.44. The summed E-state index contributed by atoms with van der Waals surface area (Å²) in [5, 5.41) is 3.06. The molecular weight excluding hydrogens is 326 g/mol. The first-order valence-corrected chi connectivity index (χ1v) is 9.21. The summed E-state index contributed by atoms with van der Waals surface area (Å²) < 4.78 is 5.52. The fourth-order valence-electron chi connectivity index (χ4n) is 3.61. The van der Waals surface area contributed by atoms with Crippen LogP contribution in [-0.4, -0.2) is 50.6 Å². The minimum absolute atomic E-state index is 0.0744. The number of nitrogens with one attached hydrogen (secondary N) is 1. The first-order chi connectivity index (χ1) is 12.6. The van der Waals surface area contributed by atoms with Crippen LogP contribution in [0.2, 0.25) is 0 Å². The lowest BCUT2D eigenvalue weighted by atomic mass is 10.1. The Hall–Kier alpha value is -2.53. The van der Waals surface area contributed by atoms with Crippen LogP contribution in [0.4, 0.5) is 11.4 Å². The van der Waals surface area contributed by atoms with Crippen LogP contribution in [0.15, 0.2) is 36.4 Å². The highest BCUT2D eigenvalue weighted by atomic mass is 16.5. The number of hydrogen-bond acceptors (Lipinski definition) is 4. The van der Waals surface area contributed by atoms with Gasteiger partial charge in [0.05, 0.1) is 6.61 Å². The quantitative estimate of drug-likeness (QED) is 0.923. The lowest BCUT2D eigenvalue weighted by molar-refractivity contribution is 0.102. The largest absolute Gasteiger partial charge is 0.493 e. The van der Waals surface area contributed by atoms with Gasteiger partial charge in [0.2, 0.25) is 0 Å². The molecule has 4 rings (SSSR count). The van der Waals surface area contributed by atoms with Gasteiger partial charge in [0.15, 0.2) is 0 Å². The average molecular weight is 351 g/mol. The van der Waals surface area contributed by atoms with Gasteiger partial charge in [-0.3, -0.25) is 4.79 Å². The molecular formula is C21H25N3O2. The van der Waals surface area contributed by atoms with Crippen molar-refractivity contribution in [2.24, 2.45) is 0 Å². The zero-order valence-corrected chi connectivity index (χ0v) is 15.4. The number of ether oxygens (including phenoxy) is 1. The minimum Gasteiger partial charge on any atom is -0.493 e. The van der Waals surface area contributed by atoms with E-state index in [0.717, 1.165) is 55.2 Å². The monoisotopic (exact) mass is 351 g/mol. The number of carbonyl (C=O) groups excluding carboxylic acids is 1. The summed E-state index contributed by atoms with van der Waals surface area (Å²) >= 11 is 0. The number of carbonyl (C=O) groups is 1. The minimum atomic E-state index is -0.0744. The maximum Gasteiger partial charge on any atom is 0.255 e. The molecule has 0 atom stereocenters. The number of fused-ring (bicyclic) bond motifs is 1. The second-order valence-corrected chi connectivity index (χ2v) is 7.22. The van der Waals surface area contributed by atoms with E-state index in [1.165, 1.54) is 5.69 Å². The number of amides is 1. The maximum atomic E-state index is 12.7. The zero-order valence-electron chi connectivity index (χ0n) is 15.4. The molecule has 2 heterocycles. The number of anilines is 2. The molecule has 0 aromatic heterocycles. The summed E-state index contributed by atoms with van der Waals surface area (Å²) in [7, 11) is 2.15. The van der Waals surface area contributed by atoms with E-state index in [2.05, 4.69) is 41.2 Å². The summed E-state index contributed by atoms with van der Waals surface area (Å²) in [4.78, 5) is 17.4. The first-order valence-electron chi connectivity index (χ1n) is 9.21. The highest BCUT2D eigenvalue weighted by molar-refractivity contribution is 6.04. The molecule has 5 heteroatoms. The molecule has 0 radical (unpaired) electrons. The molecule has 0 spiro atoms. The topological polar surface area (TPSA) is 44.8 Å². The molecule has 136 valence electrons. The Morgan fingerprint density at radius 3 is 2.69 bits per heavy atom. The second-order valence-electron chi connectivity index (χ2n) is 7.22. The van der Waals surface area contributed by atoms with Crippen LogP contribution in [0.25, 0.3) is 0 Å². The van der Waals surface area contributed by atoms with E-state index >= 15 is 0 Å². The van der Waals surface area contributed by atoms with E-state index in [1.54, 1.807) is 0 Å². The van der Waals surface area contributed by atoms with E-state index in [1.807, 2.05) is 24.3 Å². The Kier molecular flexibility index (Phi) is 4.55. The van der Waals surface area contributed by atoms with Crippen molar-refractivity contribution in [2.45, 2.75) is 13.3 Å². The van der Waals surface area contributed by atoms with Crippen molar-refractivity contribution in [3.8, 4) is 5.75 Å². The highest BCUT2D eigenvalue weighted by Gasteiger charge is 2.17. The molecule has 26 heavy (non-hydrogen) atoms. The highest BCUT2D eigenvalue weighted by Crippen LogP contribution is 2.27. The van der Waals surface area contributed by atoms with Gasteiger partial charge in [-0.05, 0) is 61.5 Å². The van der Waals surface area contributed by atoms with E-state index in [-0.39, 0.29) is 5.91 Å². The molecule has 5 nitrogen and oxygen atoms in total. The molecule has 0 aliphatic carbocycles. The van der Waals surface area contributed by atoms with Crippen molar-refractivity contribution in [3.63, 3.8) is 0 Å². The predicted octanol–water partition coefficient (Wildman–Crippen LogP) is 2.93. The van der Waals surface area contributed by atoms with Gasteiger partial charge in [0.1, 0.15) is 5.75 Å². The molecule has 0 unspecified atom stereocenters. The lowest BCUT2D eigenvalue weighted by Gasteiger charge is -2.34. The SMILES string of the molecule is Cc1cc(NC(=O)c2ccc3c(c2)CCO3)cc(N2CCN(C)CC2)c1. The molecule has 2 aliphatic rings. The number of likely N-dealkylation sites (N-methyl/N-ethyl adjacent to an activating group) is 1. The molecule has 2 aromatic carbocycles. The maximum absolute atomic E-state index is 12.7. The van der Waals surface area contributed by atoms with Crippen LogP contribution in [0, 0.1) is 6.92 Å². The Morgan fingerprint density at radius 1 is 1.08 bits per heavy atom. The van der Waals surface area contributed by atoms with Crippen molar-refractivity contribution < 1.29 is 9.53 Å². The number of nitrogens with zero attached hydrogens (tertiary/aromatic N) is 2. The predicted molar refractivity (Wildman–Crippen MR) is 104 cm³/mol. The molecule has 1 amide bonds. The van der Waals surface area contributed by atoms with Crippen LogP contribution in [0.1, 0.15) is 21.5 Å². The third kappa shape index (κ3) is 3.53. The fraction of sp³-hybridized carbons (Fsp3) is 0.381. The van der Waals surface area contributed by atoms with E-state index in [4.69, 9.17) is 4.74 Å². The van der Waals surface area contributed by atoms with Crippen LogP contribution >= 0.6 is 0 Å². The van der Waals surface area contributed by atoms with Gasteiger partial charge in [-0.15, -0.1) is 0 Å². The van der Waals surface area contributed by atoms with Gasteiger partial charge < -0.3 is 19.9 Å². The summed E-state index contributed by atoms with van der Waals surface area (Å²) in [5.41, 5.74) is 4.97. The Morgan fingerprint density at radius 2 is 1.88 bits per heavy atom. The smallest absolute Gasteiger partial charge is 0.255 e. The van der Waals surface area contributed by atoms with Crippen molar-refractivity contribution in [2.75, 3.05) is 50.1 Å². The normalized spacial score (nSPS) is 16.9. The average Bonchev–Trinajstić information content (AvgIpc) is 3.09. The van der Waals surface area contributed by atoms with Crippen LogP contribution < -0.4 is 15.0 Å². The molecule has 2 aliphatic heterocycles. The number of aryl methyl sites for hydroxylation is 1. The molecule has 1 fully saturated rings. The number of hydrogen-bond donors (Lipinski definition) is 1. The van der Waals surface area contributed by atoms with Gasteiger partial charge in [-0.25, -0.2) is 0 Å². The standard InChI is InChI=1S/C21H25N3O2/c1-15-11-18(14-19(12-15)24-8-6-23(2)7-9-24)22-21(25)17-3-4-20-16(13-17)5-10-26-20/h3-4,11-14H,5-10H2,1-2H3,(H,22,25). The van der Waals surface area contributed by atoms with Crippen LogP contribution in [0.3, 0.4) is 0 Å². The molecule has 0 saturated carbocycles. The van der Waals surface area contributed by atoms with Crippen LogP contribution in [0.5, 0.6) is 5.75 Å². The van der Waals surface area contributed by atoms with E-state index in [9.17, 15) is 4.79 Å². The van der Waals surface area contributed by atoms with Crippen molar-refractivity contribution in [3.05, 3.63) is 53.1 Å². The van der Waals surface area contributed by atoms with Crippen molar-refractivity contribution in [1.29, 1.82) is 0 Å². The molecule has 2 aromatic rings. The van der Waals surface area contributed by atoms with Gasteiger partial charge in [0, 0.05) is 49.5 Å². The van der Waals surface area contributed by atoms with Gasteiger partial charge >= 0.3 is 0 Å². The summed E-state index contributed by atoms with van der Waals surface area (Å²) in [6.45, 7) is 6.92. The van der Waals surface area contributed by atoms with Gasteiger partial charge in [0.25, 0.3) is 5.91 Å². The van der Waals surface area contributed by atoms with Gasteiger partial charge in [-0.2, -0.15) is 0 Å². The molecule has 1 N–H and O–H groups in total. The number of benzene rings is 2. The van der Waals surface area contributed by atoms with E-state index < -0.39 is 0 Å². The number of piperazine rings is 1. The van der Waals surface area contributed by atoms with Crippen molar-refractivity contribution in [1.82, 2.24) is 4.90 Å². The van der Waals surface area contributed by atoms with Gasteiger partial charge in [-0.1, -0.05) is 0 Å². The molecule has 0 bridgehead atoms. The summed E-state index contributed by atoms with van der Waals surface area (Å²) in [5.74, 6) is 0.823. The summed E-state index contributed by atoms with van der Waals surface area (Å²) in [6, 6.07) is 11.9. The van der Waals surface area contributed by atoms with Crippen molar-refractivity contribution >= 4 is 17.3 Å². The second kappa shape index (κ2) is 7.00. The number of rotatable bonds is 3. The third-order valence-corrected chi connectivity index (χ3v) is 5.14.